The fourth-order valence-electron chi connectivity index (χ4n) is 8.44. The van der Waals surface area contributed by atoms with Gasteiger partial charge in [0.05, 0.1) is 33.5 Å². The molecule has 0 saturated heterocycles. The van der Waals surface area contributed by atoms with Gasteiger partial charge in [-0.2, -0.15) is 0 Å². The summed E-state index contributed by atoms with van der Waals surface area (Å²) in [6, 6.07) is 56.7. The molecular formula is C49H35N3. The summed E-state index contributed by atoms with van der Waals surface area (Å²) in [5.74, 6) is 0. The lowest BCUT2D eigenvalue weighted by Gasteiger charge is -2.18. The fraction of sp³-hybridized carbons (Fsp3) is 0.0612. The normalized spacial score (nSPS) is 11.8. The number of aromatic nitrogens is 3. The zero-order chi connectivity index (χ0) is 34.9. The van der Waals surface area contributed by atoms with E-state index in [0.29, 0.717) is 0 Å². The van der Waals surface area contributed by atoms with Crippen LogP contribution in [0.25, 0.3) is 93.7 Å². The van der Waals surface area contributed by atoms with E-state index in [9.17, 15) is 0 Å². The highest BCUT2D eigenvalue weighted by Gasteiger charge is 2.21. The molecule has 3 heteroatoms. The van der Waals surface area contributed by atoms with Crippen molar-refractivity contribution in [1.82, 2.24) is 14.5 Å². The number of benzene rings is 8. The Morgan fingerprint density at radius 3 is 1.62 bits per heavy atom. The number of rotatable bonds is 4. The van der Waals surface area contributed by atoms with Gasteiger partial charge in [0.25, 0.3) is 0 Å². The van der Waals surface area contributed by atoms with Gasteiger partial charge < -0.3 is 4.57 Å². The first kappa shape index (κ1) is 30.3. The SMILES string of the molecule is Cc1cc(C)c(-c2nc3c4ccccc4c4ccccc4c3nc2-c2cccc(-c3ccc4c(c3)c3ccccc3n4-c3ccccc3)c2)c(C)c1. The molecule has 0 saturated carbocycles. The zero-order valence-electron chi connectivity index (χ0n) is 29.4. The van der Waals surface area contributed by atoms with Crippen LogP contribution in [-0.4, -0.2) is 14.5 Å². The maximum Gasteiger partial charge on any atom is 0.0979 e. The molecule has 246 valence electrons. The molecule has 0 fully saturated rings. The second-order valence-corrected chi connectivity index (χ2v) is 14.0. The lowest BCUT2D eigenvalue weighted by atomic mass is 9.92. The third-order valence-electron chi connectivity index (χ3n) is 10.6. The molecule has 0 aliphatic rings. The molecule has 52 heavy (non-hydrogen) atoms. The van der Waals surface area contributed by atoms with Crippen LogP contribution in [0.2, 0.25) is 0 Å². The first-order chi connectivity index (χ1) is 25.5. The van der Waals surface area contributed by atoms with Crippen molar-refractivity contribution >= 4 is 54.4 Å². The quantitative estimate of drug-likeness (QED) is 0.175. The Bertz CT molecular complexity index is 3020. The second kappa shape index (κ2) is 11.8. The number of fused-ring (bicyclic) bond motifs is 9. The molecular weight excluding hydrogens is 631 g/mol. The Hall–Kier alpha value is -6.58. The molecule has 10 rings (SSSR count). The van der Waals surface area contributed by atoms with Crippen LogP contribution < -0.4 is 0 Å². The van der Waals surface area contributed by atoms with E-state index in [4.69, 9.17) is 9.97 Å². The molecule has 2 heterocycles. The summed E-state index contributed by atoms with van der Waals surface area (Å²) in [6.45, 7) is 6.55. The molecule has 0 aliphatic carbocycles. The van der Waals surface area contributed by atoms with Crippen molar-refractivity contribution in [2.75, 3.05) is 0 Å². The van der Waals surface area contributed by atoms with Crippen molar-refractivity contribution in [2.24, 2.45) is 0 Å². The molecule has 0 bridgehead atoms. The van der Waals surface area contributed by atoms with Crippen molar-refractivity contribution in [3.8, 4) is 39.3 Å². The lowest BCUT2D eigenvalue weighted by Crippen LogP contribution is -2.00. The highest BCUT2D eigenvalue weighted by molar-refractivity contribution is 6.23. The molecule has 0 aliphatic heterocycles. The Morgan fingerprint density at radius 1 is 0.385 bits per heavy atom. The van der Waals surface area contributed by atoms with Crippen LogP contribution in [0.5, 0.6) is 0 Å². The van der Waals surface area contributed by atoms with Gasteiger partial charge in [0.15, 0.2) is 0 Å². The molecule has 10 aromatic rings. The van der Waals surface area contributed by atoms with Gasteiger partial charge in [-0.25, -0.2) is 9.97 Å². The van der Waals surface area contributed by atoms with Gasteiger partial charge >= 0.3 is 0 Å². The first-order valence-corrected chi connectivity index (χ1v) is 17.9. The highest BCUT2D eigenvalue weighted by Crippen LogP contribution is 2.41. The van der Waals surface area contributed by atoms with Crippen LogP contribution in [0.3, 0.4) is 0 Å². The minimum Gasteiger partial charge on any atom is -0.309 e. The maximum absolute atomic E-state index is 5.60. The molecule has 0 radical (unpaired) electrons. The van der Waals surface area contributed by atoms with Crippen molar-refractivity contribution in [3.05, 3.63) is 174 Å². The average Bonchev–Trinajstić information content (AvgIpc) is 3.51. The standard InChI is InChI=1S/C49H35N3/c1-30-26-31(2)45(32(3)27-30)49-46(50-47-40-21-9-7-18-37(40)38-19-8-10-22-41(38)48(47)51-49)35-15-13-14-33(28-35)34-24-25-44-42(29-34)39-20-11-12-23-43(39)52(44)36-16-5-4-6-17-36/h4-29H,1-3H3. The van der Waals surface area contributed by atoms with E-state index >= 15 is 0 Å². The number of hydrogen-bond acceptors (Lipinski definition) is 2. The maximum atomic E-state index is 5.60. The molecule has 0 N–H and O–H groups in total. The molecule has 8 aromatic carbocycles. The van der Waals surface area contributed by atoms with Gasteiger partial charge in [-0.05, 0) is 90.2 Å². The molecule has 2 aromatic heterocycles. The molecule has 0 amide bonds. The van der Waals surface area contributed by atoms with Gasteiger partial charge in [-0.1, -0.05) is 127 Å². The van der Waals surface area contributed by atoms with E-state index in [1.165, 1.54) is 54.8 Å². The summed E-state index contributed by atoms with van der Waals surface area (Å²) in [6.07, 6.45) is 0. The summed E-state index contributed by atoms with van der Waals surface area (Å²) in [4.78, 5) is 11.2. The number of nitrogens with zero attached hydrogens (tertiary/aromatic N) is 3. The summed E-state index contributed by atoms with van der Waals surface area (Å²) in [5.41, 5.74) is 15.4. The van der Waals surface area contributed by atoms with E-state index in [1.807, 2.05) is 0 Å². The first-order valence-electron chi connectivity index (χ1n) is 17.9. The third kappa shape index (κ3) is 4.66. The van der Waals surface area contributed by atoms with E-state index < -0.39 is 0 Å². The lowest BCUT2D eigenvalue weighted by molar-refractivity contribution is 1.18. The number of aryl methyl sites for hydroxylation is 3. The van der Waals surface area contributed by atoms with Gasteiger partial charge in [-0.15, -0.1) is 0 Å². The second-order valence-electron chi connectivity index (χ2n) is 14.0. The predicted molar refractivity (Wildman–Crippen MR) is 219 cm³/mol. The third-order valence-corrected chi connectivity index (χ3v) is 10.6. The Morgan fingerprint density at radius 2 is 0.923 bits per heavy atom. The van der Waals surface area contributed by atoms with Crippen molar-refractivity contribution < 1.29 is 0 Å². The molecule has 0 spiro atoms. The topological polar surface area (TPSA) is 30.7 Å². The monoisotopic (exact) mass is 665 g/mol. The minimum absolute atomic E-state index is 0.895. The predicted octanol–water partition coefficient (Wildman–Crippen LogP) is 13.0. The van der Waals surface area contributed by atoms with Gasteiger partial charge in [0.2, 0.25) is 0 Å². The summed E-state index contributed by atoms with van der Waals surface area (Å²) in [5, 5.41) is 7.10. The summed E-state index contributed by atoms with van der Waals surface area (Å²) < 4.78 is 2.36. The Labute approximate surface area is 302 Å². The Balaban J connectivity index is 1.23. The van der Waals surface area contributed by atoms with E-state index in [-0.39, 0.29) is 0 Å². The molecule has 0 unspecified atom stereocenters. The van der Waals surface area contributed by atoms with Crippen molar-refractivity contribution in [2.45, 2.75) is 20.8 Å². The van der Waals surface area contributed by atoms with Crippen molar-refractivity contribution in [3.63, 3.8) is 0 Å². The fourth-order valence-corrected chi connectivity index (χ4v) is 8.44. The van der Waals surface area contributed by atoms with Gasteiger partial charge in [-0.3, -0.25) is 0 Å². The number of para-hydroxylation sites is 2. The van der Waals surface area contributed by atoms with Crippen molar-refractivity contribution in [1.29, 1.82) is 0 Å². The van der Waals surface area contributed by atoms with Gasteiger partial charge in [0, 0.05) is 38.4 Å². The van der Waals surface area contributed by atoms with Crippen LogP contribution >= 0.6 is 0 Å². The van der Waals surface area contributed by atoms with Crippen LogP contribution in [0, 0.1) is 20.8 Å². The minimum atomic E-state index is 0.895. The van der Waals surface area contributed by atoms with Crippen LogP contribution in [-0.2, 0) is 0 Å². The van der Waals surface area contributed by atoms with E-state index in [2.05, 4.69) is 183 Å². The Kier molecular flexibility index (Phi) is 6.84. The largest absolute Gasteiger partial charge is 0.309 e. The van der Waals surface area contributed by atoms with Crippen LogP contribution in [0.4, 0.5) is 0 Å². The van der Waals surface area contributed by atoms with Gasteiger partial charge in [0.1, 0.15) is 0 Å². The molecule has 3 nitrogen and oxygen atoms in total. The zero-order valence-corrected chi connectivity index (χ0v) is 29.4. The van der Waals surface area contributed by atoms with E-state index in [0.717, 1.165) is 55.6 Å². The smallest absolute Gasteiger partial charge is 0.0979 e. The average molecular weight is 666 g/mol. The van der Waals surface area contributed by atoms with Crippen LogP contribution in [0.15, 0.2) is 158 Å². The number of hydrogen-bond donors (Lipinski definition) is 0. The van der Waals surface area contributed by atoms with Crippen LogP contribution in [0.1, 0.15) is 16.7 Å². The molecule has 0 atom stereocenters. The highest BCUT2D eigenvalue weighted by atomic mass is 15.0. The summed E-state index contributed by atoms with van der Waals surface area (Å²) in [7, 11) is 0. The summed E-state index contributed by atoms with van der Waals surface area (Å²) >= 11 is 0. The van der Waals surface area contributed by atoms with E-state index in [1.54, 1.807) is 0 Å².